The van der Waals surface area contributed by atoms with Gasteiger partial charge >= 0.3 is 0 Å². The van der Waals surface area contributed by atoms with Crippen molar-refractivity contribution in [2.75, 3.05) is 27.3 Å². The molecule has 0 aliphatic carbocycles. The van der Waals surface area contributed by atoms with E-state index in [0.717, 1.165) is 35.8 Å². The first-order valence-corrected chi connectivity index (χ1v) is 15.3. The highest BCUT2D eigenvalue weighted by molar-refractivity contribution is 5.65. The quantitative estimate of drug-likeness (QED) is 0.0900. The van der Waals surface area contributed by atoms with E-state index in [1.165, 1.54) is 82.6 Å². The lowest BCUT2D eigenvalue weighted by atomic mass is 10.0. The molecule has 0 fully saturated rings. The largest absolute Gasteiger partial charge is 0.497 e. The minimum Gasteiger partial charge on any atom is -0.497 e. The van der Waals surface area contributed by atoms with E-state index in [9.17, 15) is 0 Å². The molecule has 4 heteroatoms. The van der Waals surface area contributed by atoms with Gasteiger partial charge in [-0.3, -0.25) is 0 Å². The van der Waals surface area contributed by atoms with Gasteiger partial charge in [-0.1, -0.05) is 90.2 Å². The van der Waals surface area contributed by atoms with Crippen LogP contribution in [0.15, 0.2) is 60.7 Å². The third kappa shape index (κ3) is 13.7. The van der Waals surface area contributed by atoms with Gasteiger partial charge in [0.05, 0.1) is 38.0 Å². The fourth-order valence-corrected chi connectivity index (χ4v) is 4.61. The predicted molar refractivity (Wildman–Crippen MR) is 167 cm³/mol. The number of unbranched alkanes of at least 4 members (excludes halogenated alkanes) is 10. The second kappa shape index (κ2) is 21.1. The maximum absolute atomic E-state index is 5.37. The predicted octanol–water partition coefficient (Wildman–Crippen LogP) is 9.05. The van der Waals surface area contributed by atoms with Crippen molar-refractivity contribution >= 4 is 5.70 Å². The normalized spacial score (nSPS) is 12.4. The van der Waals surface area contributed by atoms with Crippen molar-refractivity contribution in [2.45, 2.75) is 96.9 Å². The van der Waals surface area contributed by atoms with E-state index in [1.54, 1.807) is 14.2 Å². The number of ether oxygens (including phenoxy) is 2. The van der Waals surface area contributed by atoms with Crippen LogP contribution in [0, 0.1) is 6.08 Å². The Labute approximate surface area is 239 Å². The van der Waals surface area contributed by atoms with E-state index < -0.39 is 0 Å². The fraction of sp³-hybridized carbons (Fsp3) is 0.543. The van der Waals surface area contributed by atoms with Crippen LogP contribution in [0.2, 0.25) is 0 Å². The summed E-state index contributed by atoms with van der Waals surface area (Å²) in [4.78, 5) is 0. The molecule has 2 aromatic carbocycles. The first-order valence-electron chi connectivity index (χ1n) is 15.3. The molecular weight excluding hydrogens is 480 g/mol. The molecule has 2 rings (SSSR count). The van der Waals surface area contributed by atoms with Gasteiger partial charge in [-0.25, -0.2) is 0 Å². The summed E-state index contributed by atoms with van der Waals surface area (Å²) in [7, 11) is 3.41. The summed E-state index contributed by atoms with van der Waals surface area (Å²) in [5, 5.41) is 7.42. The van der Waals surface area contributed by atoms with Gasteiger partial charge in [0.2, 0.25) is 0 Å². The molecule has 4 nitrogen and oxygen atoms in total. The maximum Gasteiger partial charge on any atom is 0.185 e. The average molecular weight is 534 g/mol. The first-order chi connectivity index (χ1) is 19.2. The van der Waals surface area contributed by atoms with Gasteiger partial charge in [0.1, 0.15) is 11.5 Å². The number of allylic oxidation sites excluding steroid dienone is 2. The highest BCUT2D eigenvalue weighted by Crippen LogP contribution is 2.21. The van der Waals surface area contributed by atoms with Crippen LogP contribution >= 0.6 is 0 Å². The highest BCUT2D eigenvalue weighted by atomic mass is 16.5. The van der Waals surface area contributed by atoms with Gasteiger partial charge in [-0.05, 0) is 61.3 Å². The van der Waals surface area contributed by atoms with E-state index in [4.69, 9.17) is 9.47 Å². The molecule has 0 bridgehead atoms. The minimum absolute atomic E-state index is 0.0958. The van der Waals surface area contributed by atoms with Crippen LogP contribution in [0.3, 0.4) is 0 Å². The summed E-state index contributed by atoms with van der Waals surface area (Å²) >= 11 is 0. The molecule has 214 valence electrons. The molecule has 0 saturated heterocycles. The lowest BCUT2D eigenvalue weighted by Crippen LogP contribution is -2.21. The Hall–Kier alpha value is -2.81. The van der Waals surface area contributed by atoms with Crippen LogP contribution in [-0.2, 0) is 0 Å². The molecular formula is C35H53N2O2+. The molecule has 0 amide bonds. The fourth-order valence-electron chi connectivity index (χ4n) is 4.61. The average Bonchev–Trinajstić information content (AvgIpc) is 2.98. The Kier molecular flexibility index (Phi) is 17.5. The van der Waals surface area contributed by atoms with Gasteiger partial charge in [0.25, 0.3) is 0 Å². The summed E-state index contributed by atoms with van der Waals surface area (Å²) in [6, 6.07) is 16.7. The second-order valence-corrected chi connectivity index (χ2v) is 10.3. The number of benzene rings is 2. The standard InChI is InChI=1S/C35H53N2O2/c1-5-7-9-11-13-15-28-36-34(30-20-24-32(38-3)25-21-30)18-17-19-35(31-22-26-33(39-4)27-23-31)37-29-16-14-12-10-8-6-2/h18-27,34,36-37H,5-16,28-29H2,1-4H3/q+1/b35-19+. The summed E-state index contributed by atoms with van der Waals surface area (Å²) in [5.41, 5.74) is 3.45. The lowest BCUT2D eigenvalue weighted by molar-refractivity contribution is 0.414. The summed E-state index contributed by atoms with van der Waals surface area (Å²) in [6.07, 6.45) is 23.2. The molecule has 0 heterocycles. The summed E-state index contributed by atoms with van der Waals surface area (Å²) in [6.45, 7) is 6.49. The zero-order valence-electron chi connectivity index (χ0n) is 25.1. The van der Waals surface area contributed by atoms with Crippen LogP contribution in [0.25, 0.3) is 5.70 Å². The van der Waals surface area contributed by atoms with E-state index in [-0.39, 0.29) is 6.04 Å². The Morgan fingerprint density at radius 3 is 1.77 bits per heavy atom. The summed E-state index contributed by atoms with van der Waals surface area (Å²) in [5.74, 6) is 1.74. The Morgan fingerprint density at radius 1 is 0.692 bits per heavy atom. The number of hydrogen-bond donors (Lipinski definition) is 2. The van der Waals surface area contributed by atoms with Crippen LogP contribution in [0.5, 0.6) is 11.5 Å². The molecule has 0 aromatic heterocycles. The van der Waals surface area contributed by atoms with Crippen LogP contribution in [0.4, 0.5) is 0 Å². The van der Waals surface area contributed by atoms with Crippen LogP contribution < -0.4 is 20.1 Å². The lowest BCUT2D eigenvalue weighted by Gasteiger charge is -2.14. The monoisotopic (exact) mass is 533 g/mol. The SMILES string of the molecule is CCCCCCCCN/C(=C/[C+]=CC(NCCCCCCCC)c1ccc(OC)cc1)c1ccc(OC)cc1. The molecule has 2 N–H and O–H groups in total. The van der Waals surface area contributed by atoms with Crippen molar-refractivity contribution in [3.8, 4) is 11.5 Å². The third-order valence-corrected chi connectivity index (χ3v) is 7.11. The van der Waals surface area contributed by atoms with Crippen molar-refractivity contribution < 1.29 is 9.47 Å². The van der Waals surface area contributed by atoms with E-state index >= 15 is 0 Å². The topological polar surface area (TPSA) is 42.5 Å². The van der Waals surface area contributed by atoms with E-state index in [2.05, 4.69) is 67.0 Å². The van der Waals surface area contributed by atoms with Crippen molar-refractivity contribution in [3.63, 3.8) is 0 Å². The zero-order valence-corrected chi connectivity index (χ0v) is 25.1. The zero-order chi connectivity index (χ0) is 28.0. The summed E-state index contributed by atoms with van der Waals surface area (Å²) < 4.78 is 10.7. The number of methoxy groups -OCH3 is 2. The molecule has 0 radical (unpaired) electrons. The molecule has 0 spiro atoms. The molecule has 1 unspecified atom stereocenters. The first kappa shape index (κ1) is 32.4. The maximum atomic E-state index is 5.37. The van der Waals surface area contributed by atoms with Crippen molar-refractivity contribution in [3.05, 3.63) is 77.9 Å². The van der Waals surface area contributed by atoms with Crippen molar-refractivity contribution in [1.82, 2.24) is 10.6 Å². The second-order valence-electron chi connectivity index (χ2n) is 10.3. The van der Waals surface area contributed by atoms with Crippen LogP contribution in [0.1, 0.15) is 108 Å². The Balaban J connectivity index is 2.08. The Morgan fingerprint density at radius 2 is 1.21 bits per heavy atom. The molecule has 0 aliphatic rings. The smallest absolute Gasteiger partial charge is 0.185 e. The number of hydrogen-bond acceptors (Lipinski definition) is 4. The van der Waals surface area contributed by atoms with Gasteiger partial charge in [-0.2, -0.15) is 0 Å². The van der Waals surface area contributed by atoms with Gasteiger partial charge in [0.15, 0.2) is 11.8 Å². The highest BCUT2D eigenvalue weighted by Gasteiger charge is 2.13. The number of rotatable bonds is 22. The van der Waals surface area contributed by atoms with E-state index in [0.29, 0.717) is 0 Å². The Bertz CT molecular complexity index is 919. The molecule has 1 atom stereocenters. The molecule has 0 saturated carbocycles. The van der Waals surface area contributed by atoms with E-state index in [1.807, 2.05) is 24.3 Å². The van der Waals surface area contributed by atoms with Crippen molar-refractivity contribution in [1.29, 1.82) is 0 Å². The van der Waals surface area contributed by atoms with Gasteiger partial charge in [0, 0.05) is 6.54 Å². The van der Waals surface area contributed by atoms with Crippen LogP contribution in [-0.4, -0.2) is 27.3 Å². The van der Waals surface area contributed by atoms with Gasteiger partial charge < -0.3 is 20.1 Å². The number of nitrogens with one attached hydrogen (secondary N) is 2. The molecule has 2 aromatic rings. The van der Waals surface area contributed by atoms with Gasteiger partial charge in [-0.15, -0.1) is 0 Å². The third-order valence-electron chi connectivity index (χ3n) is 7.11. The molecule has 39 heavy (non-hydrogen) atoms. The van der Waals surface area contributed by atoms with Crippen molar-refractivity contribution in [2.24, 2.45) is 0 Å². The molecule has 0 aliphatic heterocycles. The minimum atomic E-state index is 0.0958.